The second kappa shape index (κ2) is 14.0. The number of halogens is 7. The van der Waals surface area contributed by atoms with E-state index in [4.69, 9.17) is 41.6 Å². The summed E-state index contributed by atoms with van der Waals surface area (Å²) in [5.41, 5.74) is 6.06. The number of hydrogen-bond donors (Lipinski definition) is 3. The maximum absolute atomic E-state index is 10.6. The number of aliphatic hydroxyl groups excluding tert-OH is 1. The van der Waals surface area contributed by atoms with Crippen molar-refractivity contribution in [3.8, 4) is 11.4 Å². The Bertz CT molecular complexity index is 1850. The molecule has 1 aliphatic rings. The highest BCUT2D eigenvalue weighted by atomic mass is 35.5. The number of likely N-dealkylation sites (tertiary alicyclic amines) is 1. The zero-order chi connectivity index (χ0) is 34.7. The molecule has 47 heavy (non-hydrogen) atoms. The van der Waals surface area contributed by atoms with E-state index in [2.05, 4.69) is 54.5 Å². The Hall–Kier alpha value is -4.68. The minimum atomic E-state index is -5.08. The van der Waals surface area contributed by atoms with E-state index >= 15 is 0 Å². The number of aryl methyl sites for hydroxylation is 1. The summed E-state index contributed by atoms with van der Waals surface area (Å²) in [4.78, 5) is 20.0. The number of alkyl halides is 6. The van der Waals surface area contributed by atoms with Crippen LogP contribution in [-0.2, 0) is 16.1 Å². The van der Waals surface area contributed by atoms with Crippen LogP contribution in [0.1, 0.15) is 17.4 Å². The van der Waals surface area contributed by atoms with E-state index < -0.39 is 24.3 Å². The molecule has 0 saturated carbocycles. The SMILES string of the molecule is Cc1nnc2ccc3c(cc(-c4ccn(C5CN(CCO)C5)n4)n3Cc3cccc(Cl)c3)n12.O=C(O)C(F)(F)F.O=C(O)C(F)(F)F. The average molecular weight is 690 g/mol. The van der Waals surface area contributed by atoms with Gasteiger partial charge in [0.2, 0.25) is 0 Å². The number of rotatable bonds is 6. The second-order valence-corrected chi connectivity index (χ2v) is 10.7. The van der Waals surface area contributed by atoms with Gasteiger partial charge < -0.3 is 19.9 Å². The Kier molecular flexibility index (Phi) is 10.5. The van der Waals surface area contributed by atoms with Crippen LogP contribution in [0, 0.1) is 6.92 Å². The molecule has 3 N–H and O–H groups in total. The number of β-amino-alcohol motifs (C(OH)–C–C–N with tert-alkyl or cyclic N) is 1. The number of hydrogen-bond acceptors (Lipinski definition) is 7. The first-order chi connectivity index (χ1) is 22.0. The van der Waals surface area contributed by atoms with E-state index in [-0.39, 0.29) is 6.61 Å². The summed E-state index contributed by atoms with van der Waals surface area (Å²) in [5, 5.41) is 37.6. The number of pyridine rings is 1. The number of aliphatic carboxylic acids is 2. The van der Waals surface area contributed by atoms with Gasteiger partial charge in [0.15, 0.2) is 5.65 Å². The summed E-state index contributed by atoms with van der Waals surface area (Å²) < 4.78 is 69.9. The van der Waals surface area contributed by atoms with E-state index in [9.17, 15) is 26.3 Å². The van der Waals surface area contributed by atoms with Crippen LogP contribution in [-0.4, -0.2) is 99.7 Å². The average Bonchev–Trinajstić information content (AvgIpc) is 3.68. The molecule has 0 atom stereocenters. The summed E-state index contributed by atoms with van der Waals surface area (Å²) in [7, 11) is 0. The molecular formula is C28H26ClF6N7O5. The smallest absolute Gasteiger partial charge is 0.475 e. The van der Waals surface area contributed by atoms with Crippen molar-refractivity contribution in [2.45, 2.75) is 31.9 Å². The van der Waals surface area contributed by atoms with Crippen molar-refractivity contribution < 1.29 is 51.3 Å². The first kappa shape index (κ1) is 35.2. The lowest BCUT2D eigenvalue weighted by molar-refractivity contribution is -0.193. The number of carboxylic acid groups (broad SMARTS) is 2. The maximum Gasteiger partial charge on any atom is 0.490 e. The standard InChI is InChI=1S/C24H24ClN7O.2C2HF3O2/c1-16-26-27-24-6-5-21-23(32(16)24)12-22(30(21)13-17-3-2-4-18(25)11-17)20-7-8-31(28-20)19-14-29(15-19)9-10-33;2*3-2(4,5)1(6)7/h2-8,11-12,19,33H,9-10,13-15H2,1H3;2*(H,6,7). The Labute approximate surface area is 266 Å². The molecule has 1 fully saturated rings. The van der Waals surface area contributed by atoms with Crippen molar-refractivity contribution in [1.82, 2.24) is 33.8 Å². The van der Waals surface area contributed by atoms with Gasteiger partial charge in [-0.15, -0.1) is 10.2 Å². The van der Waals surface area contributed by atoms with Crippen molar-refractivity contribution in [1.29, 1.82) is 0 Å². The van der Waals surface area contributed by atoms with Gasteiger partial charge in [-0.3, -0.25) is 14.0 Å². The van der Waals surface area contributed by atoms with Crippen LogP contribution in [0.3, 0.4) is 0 Å². The molecule has 19 heteroatoms. The molecule has 252 valence electrons. The lowest BCUT2D eigenvalue weighted by Gasteiger charge is -2.38. The molecule has 1 saturated heterocycles. The van der Waals surface area contributed by atoms with E-state index in [1.165, 1.54) is 0 Å². The highest BCUT2D eigenvalue weighted by molar-refractivity contribution is 6.30. The molecule has 5 aromatic rings. The van der Waals surface area contributed by atoms with Crippen LogP contribution in [0.5, 0.6) is 0 Å². The van der Waals surface area contributed by atoms with Crippen LogP contribution >= 0.6 is 11.6 Å². The predicted molar refractivity (Wildman–Crippen MR) is 155 cm³/mol. The Morgan fingerprint density at radius 1 is 0.936 bits per heavy atom. The first-order valence-electron chi connectivity index (χ1n) is 13.6. The molecule has 0 unspecified atom stereocenters. The molecule has 0 radical (unpaired) electrons. The van der Waals surface area contributed by atoms with Gasteiger partial charge >= 0.3 is 24.3 Å². The van der Waals surface area contributed by atoms with Crippen LogP contribution in [0.15, 0.2) is 54.7 Å². The van der Waals surface area contributed by atoms with Crippen LogP contribution in [0.2, 0.25) is 5.02 Å². The molecule has 12 nitrogen and oxygen atoms in total. The Morgan fingerprint density at radius 2 is 1.57 bits per heavy atom. The van der Waals surface area contributed by atoms with Gasteiger partial charge in [-0.05, 0) is 48.9 Å². The summed E-state index contributed by atoms with van der Waals surface area (Å²) in [6.07, 6.45) is -8.11. The highest BCUT2D eigenvalue weighted by Crippen LogP contribution is 2.31. The maximum atomic E-state index is 10.6. The predicted octanol–water partition coefficient (Wildman–Crippen LogP) is 4.67. The molecule has 6 rings (SSSR count). The molecule has 1 aromatic carbocycles. The fraction of sp³-hybridized carbons (Fsp3) is 0.321. The summed E-state index contributed by atoms with van der Waals surface area (Å²) in [6.45, 7) is 5.37. The van der Waals surface area contributed by atoms with Crippen LogP contribution in [0.25, 0.3) is 28.1 Å². The third kappa shape index (κ3) is 8.38. The summed E-state index contributed by atoms with van der Waals surface area (Å²) >= 11 is 6.27. The Morgan fingerprint density at radius 3 is 2.15 bits per heavy atom. The third-order valence-electron chi connectivity index (χ3n) is 6.91. The minimum absolute atomic E-state index is 0.192. The number of carboxylic acids is 2. The number of benzene rings is 1. The zero-order valence-electron chi connectivity index (χ0n) is 24.2. The third-order valence-corrected chi connectivity index (χ3v) is 7.15. The molecule has 1 aliphatic heterocycles. The normalized spacial score (nSPS) is 13.9. The fourth-order valence-corrected chi connectivity index (χ4v) is 4.97. The van der Waals surface area contributed by atoms with Crippen LogP contribution in [0.4, 0.5) is 26.3 Å². The molecule has 5 heterocycles. The van der Waals surface area contributed by atoms with Gasteiger partial charge in [0.1, 0.15) is 11.5 Å². The molecule has 0 bridgehead atoms. The van der Waals surface area contributed by atoms with Crippen molar-refractivity contribution in [3.05, 3.63) is 71.1 Å². The van der Waals surface area contributed by atoms with Crippen LogP contribution < -0.4 is 0 Å². The number of nitrogens with zero attached hydrogens (tertiary/aromatic N) is 7. The monoisotopic (exact) mass is 689 g/mol. The van der Waals surface area contributed by atoms with E-state index in [0.717, 1.165) is 57.6 Å². The quantitative estimate of drug-likeness (QED) is 0.216. The molecule has 0 aliphatic carbocycles. The van der Waals surface area contributed by atoms with Gasteiger partial charge in [0.05, 0.1) is 29.4 Å². The topological polar surface area (TPSA) is 151 Å². The van der Waals surface area contributed by atoms with E-state index in [1.807, 2.05) is 35.9 Å². The van der Waals surface area contributed by atoms with Gasteiger partial charge in [-0.2, -0.15) is 31.4 Å². The number of carbonyl (C=O) groups is 2. The summed E-state index contributed by atoms with van der Waals surface area (Å²) in [5.74, 6) is -4.66. The zero-order valence-corrected chi connectivity index (χ0v) is 25.0. The molecule has 0 spiro atoms. The van der Waals surface area contributed by atoms with E-state index in [0.29, 0.717) is 19.1 Å². The van der Waals surface area contributed by atoms with Crippen molar-refractivity contribution >= 4 is 40.2 Å². The molecular weight excluding hydrogens is 664 g/mol. The number of aromatic nitrogens is 6. The van der Waals surface area contributed by atoms with Gasteiger partial charge in [-0.25, -0.2) is 9.59 Å². The number of aliphatic hydroxyl groups is 1. The second-order valence-electron chi connectivity index (χ2n) is 10.2. The van der Waals surface area contributed by atoms with E-state index in [1.54, 1.807) is 0 Å². The minimum Gasteiger partial charge on any atom is -0.475 e. The van der Waals surface area contributed by atoms with Gasteiger partial charge in [0.25, 0.3) is 0 Å². The lowest BCUT2D eigenvalue weighted by Crippen LogP contribution is -2.48. The first-order valence-corrected chi connectivity index (χ1v) is 13.9. The van der Waals surface area contributed by atoms with Gasteiger partial charge in [0, 0.05) is 37.4 Å². The molecule has 0 amide bonds. The van der Waals surface area contributed by atoms with Crippen molar-refractivity contribution in [2.24, 2.45) is 0 Å². The largest absolute Gasteiger partial charge is 0.490 e. The summed E-state index contributed by atoms with van der Waals surface area (Å²) in [6, 6.07) is 16.7. The highest BCUT2D eigenvalue weighted by Gasteiger charge is 2.39. The number of fused-ring (bicyclic) bond motifs is 3. The van der Waals surface area contributed by atoms with Crippen molar-refractivity contribution in [3.63, 3.8) is 0 Å². The fourth-order valence-electron chi connectivity index (χ4n) is 4.75. The van der Waals surface area contributed by atoms with Gasteiger partial charge in [-0.1, -0.05) is 23.7 Å². The van der Waals surface area contributed by atoms with Crippen molar-refractivity contribution in [2.75, 3.05) is 26.2 Å². The Balaban J connectivity index is 0.000000301. The molecule has 4 aromatic heterocycles. The lowest BCUT2D eigenvalue weighted by atomic mass is 10.1.